The summed E-state index contributed by atoms with van der Waals surface area (Å²) in [6, 6.07) is 0. The minimum atomic E-state index is -4.16. The van der Waals surface area contributed by atoms with E-state index >= 15 is 0 Å². The number of hydrogen-bond acceptors (Lipinski definition) is 4. The number of rotatable bonds is 21. The fourth-order valence-electron chi connectivity index (χ4n) is 3.82. The van der Waals surface area contributed by atoms with Crippen molar-refractivity contribution in [1.29, 1.82) is 0 Å². The second-order valence-corrected chi connectivity index (χ2v) is 10.2. The second-order valence-electron chi connectivity index (χ2n) is 8.52. The fraction of sp³-hybridized carbons (Fsp3) is 1.00. The van der Waals surface area contributed by atoms with Gasteiger partial charge in [0, 0.05) is 5.25 Å². The molecular formula is C23H47NaO4S. The summed E-state index contributed by atoms with van der Waals surface area (Å²) in [5.74, 6) is 0. The van der Waals surface area contributed by atoms with E-state index in [-0.39, 0.29) is 35.7 Å². The molecule has 6 heteroatoms. The first-order valence-corrected chi connectivity index (χ1v) is 13.5. The molecule has 29 heavy (non-hydrogen) atoms. The molecule has 0 aliphatic rings. The smallest absolute Gasteiger partial charge is 0.748 e. The van der Waals surface area contributed by atoms with Crippen molar-refractivity contribution in [3.63, 3.8) is 0 Å². The minimum Gasteiger partial charge on any atom is -0.748 e. The summed E-state index contributed by atoms with van der Waals surface area (Å²) >= 11 is 0. The third-order valence-electron chi connectivity index (χ3n) is 5.74. The largest absolute Gasteiger partial charge is 1.00 e. The topological polar surface area (TPSA) is 77.4 Å². The molecule has 0 heterocycles. The molecule has 0 rings (SSSR count). The van der Waals surface area contributed by atoms with Crippen molar-refractivity contribution in [2.75, 3.05) is 0 Å². The van der Waals surface area contributed by atoms with Gasteiger partial charge >= 0.3 is 29.6 Å². The van der Waals surface area contributed by atoms with E-state index in [4.69, 9.17) is 0 Å². The zero-order chi connectivity index (χ0) is 21.1. The summed E-state index contributed by atoms with van der Waals surface area (Å²) in [7, 11) is -4.16. The Morgan fingerprint density at radius 3 is 1.34 bits per heavy atom. The summed E-state index contributed by atoms with van der Waals surface area (Å²) in [5, 5.41) is 9.37. The summed E-state index contributed by atoms with van der Waals surface area (Å²) in [5.41, 5.74) is 0. The van der Waals surface area contributed by atoms with Gasteiger partial charge in [0.25, 0.3) is 0 Å². The normalized spacial score (nSPS) is 13.8. The van der Waals surface area contributed by atoms with Crippen LogP contribution < -0.4 is 29.6 Å². The minimum absolute atomic E-state index is 0. The van der Waals surface area contributed by atoms with Crippen LogP contribution in [0, 0.1) is 0 Å². The van der Waals surface area contributed by atoms with Crippen molar-refractivity contribution in [3.8, 4) is 0 Å². The van der Waals surface area contributed by atoms with Gasteiger partial charge in [0.1, 0.15) is 0 Å². The van der Waals surface area contributed by atoms with Gasteiger partial charge < -0.3 is 9.66 Å². The van der Waals surface area contributed by atoms with Gasteiger partial charge in [-0.15, -0.1) is 0 Å². The first kappa shape index (κ1) is 32.1. The third kappa shape index (κ3) is 21.9. The fourth-order valence-corrected chi connectivity index (χ4v) is 4.73. The van der Waals surface area contributed by atoms with Crippen molar-refractivity contribution in [3.05, 3.63) is 0 Å². The predicted molar refractivity (Wildman–Crippen MR) is 119 cm³/mol. The van der Waals surface area contributed by atoms with E-state index in [0.29, 0.717) is 12.8 Å². The molecule has 4 nitrogen and oxygen atoms in total. The standard InChI is InChI=1S/C23H48O4S.Na/c1-3-5-7-8-9-10-11-15-18-22(24)19-16-12-13-17-21-23(28(25,26)27)20-14-6-4-2;/h22-24H,3-21H2,1-2H3,(H,25,26,27);/q;+1/p-1. The molecule has 0 aliphatic heterocycles. The Bertz CT molecular complexity index is 429. The second kappa shape index (κ2) is 22.1. The van der Waals surface area contributed by atoms with Crippen LogP contribution in [-0.2, 0) is 10.1 Å². The molecule has 0 saturated carbocycles. The third-order valence-corrected chi connectivity index (χ3v) is 7.03. The quantitative estimate of drug-likeness (QED) is 0.167. The summed E-state index contributed by atoms with van der Waals surface area (Å²) in [4.78, 5) is 0. The first-order chi connectivity index (χ1) is 13.4. The van der Waals surface area contributed by atoms with E-state index in [2.05, 4.69) is 13.8 Å². The van der Waals surface area contributed by atoms with E-state index in [1.54, 1.807) is 0 Å². The zero-order valence-corrected chi connectivity index (χ0v) is 22.5. The maximum atomic E-state index is 11.4. The maximum absolute atomic E-state index is 11.4. The molecule has 0 saturated heterocycles. The summed E-state index contributed by atoms with van der Waals surface area (Å²) in [6.07, 6.45) is 19.5. The van der Waals surface area contributed by atoms with Crippen LogP contribution in [0.4, 0.5) is 0 Å². The average molecular weight is 443 g/mol. The van der Waals surface area contributed by atoms with Gasteiger partial charge in [-0.25, -0.2) is 8.42 Å². The number of hydrogen-bond donors (Lipinski definition) is 1. The monoisotopic (exact) mass is 442 g/mol. The number of aliphatic hydroxyl groups is 1. The van der Waals surface area contributed by atoms with Gasteiger partial charge in [0.15, 0.2) is 0 Å². The molecule has 0 aromatic heterocycles. The van der Waals surface area contributed by atoms with Crippen LogP contribution in [0.15, 0.2) is 0 Å². The van der Waals surface area contributed by atoms with E-state index in [1.807, 2.05) is 0 Å². The molecule has 0 aliphatic carbocycles. The van der Waals surface area contributed by atoms with Crippen LogP contribution in [0.25, 0.3) is 0 Å². The SMILES string of the molecule is CCCCCCCCCCC(O)CCCCCCC(CCCCC)S(=O)(=O)[O-].[Na+]. The van der Waals surface area contributed by atoms with E-state index in [1.165, 1.54) is 44.9 Å². The van der Waals surface area contributed by atoms with Crippen LogP contribution >= 0.6 is 0 Å². The van der Waals surface area contributed by atoms with Gasteiger partial charge in [0.05, 0.1) is 16.2 Å². The molecule has 0 bridgehead atoms. The summed E-state index contributed by atoms with van der Waals surface area (Å²) < 4.78 is 34.1. The average Bonchev–Trinajstić information content (AvgIpc) is 2.64. The van der Waals surface area contributed by atoms with Gasteiger partial charge in [-0.2, -0.15) is 0 Å². The van der Waals surface area contributed by atoms with Crippen molar-refractivity contribution >= 4 is 10.1 Å². The van der Waals surface area contributed by atoms with Gasteiger partial charge in [-0.05, 0) is 25.7 Å². The Labute approximate surface area is 204 Å². The predicted octanol–water partition coefficient (Wildman–Crippen LogP) is 3.72. The van der Waals surface area contributed by atoms with Crippen molar-refractivity contribution < 1.29 is 47.6 Å². The van der Waals surface area contributed by atoms with Crippen LogP contribution in [0.2, 0.25) is 0 Å². The molecule has 0 spiro atoms. The Morgan fingerprint density at radius 1 is 0.621 bits per heavy atom. The van der Waals surface area contributed by atoms with Crippen LogP contribution in [0.5, 0.6) is 0 Å². The van der Waals surface area contributed by atoms with E-state index in [0.717, 1.165) is 64.2 Å². The first-order valence-electron chi connectivity index (χ1n) is 12.0. The van der Waals surface area contributed by atoms with Gasteiger partial charge in [-0.3, -0.25) is 0 Å². The number of unbranched alkanes of at least 4 members (excludes halogenated alkanes) is 12. The Kier molecular flexibility index (Phi) is 24.4. The Hall–Kier alpha value is 0.870. The van der Waals surface area contributed by atoms with Crippen molar-refractivity contribution in [2.45, 2.75) is 147 Å². The Balaban J connectivity index is 0. The summed E-state index contributed by atoms with van der Waals surface area (Å²) in [6.45, 7) is 4.31. The molecular weight excluding hydrogens is 395 g/mol. The van der Waals surface area contributed by atoms with Gasteiger partial charge in [-0.1, -0.05) is 110 Å². The molecule has 2 unspecified atom stereocenters. The van der Waals surface area contributed by atoms with Crippen molar-refractivity contribution in [2.24, 2.45) is 0 Å². The molecule has 0 aromatic carbocycles. The molecule has 0 aromatic rings. The Morgan fingerprint density at radius 2 is 0.931 bits per heavy atom. The molecule has 0 fully saturated rings. The van der Waals surface area contributed by atoms with E-state index < -0.39 is 15.4 Å². The van der Waals surface area contributed by atoms with E-state index in [9.17, 15) is 18.1 Å². The molecule has 2 atom stereocenters. The molecule has 170 valence electrons. The van der Waals surface area contributed by atoms with Crippen LogP contribution in [0.1, 0.15) is 136 Å². The molecule has 0 radical (unpaired) electrons. The molecule has 0 amide bonds. The van der Waals surface area contributed by atoms with Crippen LogP contribution in [0.3, 0.4) is 0 Å². The zero-order valence-electron chi connectivity index (χ0n) is 19.7. The maximum Gasteiger partial charge on any atom is 1.00 e. The number of aliphatic hydroxyl groups excluding tert-OH is 1. The van der Waals surface area contributed by atoms with Crippen molar-refractivity contribution in [1.82, 2.24) is 0 Å². The van der Waals surface area contributed by atoms with Gasteiger partial charge in [0.2, 0.25) is 0 Å². The van der Waals surface area contributed by atoms with Crippen LogP contribution in [-0.4, -0.2) is 29.4 Å². The molecule has 1 N–H and O–H groups in total.